The second kappa shape index (κ2) is 9.63. The topological polar surface area (TPSA) is 139 Å². The number of carbonyl (C=O) groups is 1. The van der Waals surface area contributed by atoms with Crippen LogP contribution in [0.3, 0.4) is 0 Å². The molecule has 1 heterocycles. The Labute approximate surface area is 194 Å². The average Bonchev–Trinajstić information content (AvgIpc) is 2.76. The minimum atomic E-state index is -4.02. The molecule has 1 atom stereocenters. The molecule has 0 fully saturated rings. The number of aliphatic imine (C=N–C) groups is 1. The third kappa shape index (κ3) is 5.34. The number of hydrogen-bond donors (Lipinski definition) is 1. The van der Waals surface area contributed by atoms with Crippen LogP contribution in [0.4, 0.5) is 5.69 Å². The third-order valence-electron chi connectivity index (χ3n) is 4.86. The zero-order valence-electron chi connectivity index (χ0n) is 18.0. The largest absolute Gasteiger partial charge is 0.497 e. The lowest BCUT2D eigenvalue weighted by Crippen LogP contribution is -2.42. The number of nitro groups is 1. The zero-order chi connectivity index (χ0) is 24.3. The van der Waals surface area contributed by atoms with Crippen LogP contribution >= 0.6 is 11.8 Å². The van der Waals surface area contributed by atoms with Gasteiger partial charge in [-0.25, -0.2) is 22.5 Å². The monoisotopic (exact) mass is 491 g/mol. The van der Waals surface area contributed by atoms with Crippen molar-refractivity contribution in [3.8, 4) is 5.75 Å². The van der Waals surface area contributed by atoms with Gasteiger partial charge in [-0.15, -0.1) is 0 Å². The fourth-order valence-corrected chi connectivity index (χ4v) is 5.78. The molecule has 0 saturated carbocycles. The van der Waals surface area contributed by atoms with Crippen molar-refractivity contribution in [1.82, 2.24) is 4.31 Å². The number of non-ortho nitro benzene ring substituents is 1. The molecule has 0 aliphatic carbocycles. The first-order valence-electron chi connectivity index (χ1n) is 9.55. The molecule has 0 bridgehead atoms. The summed E-state index contributed by atoms with van der Waals surface area (Å²) >= 11 is 1.12. The molecular weight excluding hydrogens is 470 g/mol. The molecule has 1 unspecified atom stereocenters. The van der Waals surface area contributed by atoms with Crippen molar-refractivity contribution in [1.29, 1.82) is 0 Å². The maximum atomic E-state index is 12.8. The quantitative estimate of drug-likeness (QED) is 0.458. The number of sulfonamides is 1. The summed E-state index contributed by atoms with van der Waals surface area (Å²) in [4.78, 5) is 27.0. The highest BCUT2D eigenvalue weighted by molar-refractivity contribution is 8.14. The van der Waals surface area contributed by atoms with E-state index in [0.29, 0.717) is 11.5 Å². The molecule has 0 saturated heterocycles. The predicted octanol–water partition coefficient (Wildman–Crippen LogP) is 3.57. The van der Waals surface area contributed by atoms with E-state index >= 15 is 0 Å². The van der Waals surface area contributed by atoms with Crippen LogP contribution in [0.25, 0.3) is 0 Å². The van der Waals surface area contributed by atoms with Gasteiger partial charge in [0.15, 0.2) is 5.17 Å². The Morgan fingerprint density at radius 2 is 1.94 bits per heavy atom. The molecule has 1 aliphatic rings. The van der Waals surface area contributed by atoms with Gasteiger partial charge in [0, 0.05) is 17.9 Å². The number of amidine groups is 1. The normalized spacial score (nSPS) is 16.4. The molecule has 33 heavy (non-hydrogen) atoms. The Hall–Kier alpha value is -3.38. The summed E-state index contributed by atoms with van der Waals surface area (Å²) in [7, 11) is -2.47. The summed E-state index contributed by atoms with van der Waals surface area (Å²) in [6, 6.07) is 11.2. The summed E-state index contributed by atoms with van der Waals surface area (Å²) in [5, 5.41) is 21.2. The Morgan fingerprint density at radius 3 is 2.48 bits per heavy atom. The van der Waals surface area contributed by atoms with E-state index in [1.54, 1.807) is 19.2 Å². The summed E-state index contributed by atoms with van der Waals surface area (Å²) in [5.74, 6) is -0.334. The Morgan fingerprint density at radius 1 is 1.27 bits per heavy atom. The van der Waals surface area contributed by atoms with E-state index in [9.17, 15) is 28.4 Å². The minimum Gasteiger partial charge on any atom is -0.497 e. The molecule has 12 heteroatoms. The molecular formula is C21H21N3O7S2. The molecule has 0 aromatic heterocycles. The van der Waals surface area contributed by atoms with Crippen LogP contribution in [0.2, 0.25) is 0 Å². The van der Waals surface area contributed by atoms with E-state index in [0.717, 1.165) is 27.9 Å². The molecule has 0 radical (unpaired) electrons. The highest BCUT2D eigenvalue weighted by Gasteiger charge is 2.41. The molecule has 1 aliphatic heterocycles. The fraction of sp³-hybridized carbons (Fsp3) is 0.238. The number of allylic oxidation sites excluding steroid dienone is 1. The standard InChI is InChI=1S/C21H21N3O7S2/c1-13-18(20(25)26)19(15-5-4-6-16(11-15)24(27)28)23(33(3,29)30)21(22-13)32-12-14-7-9-17(31-2)10-8-14/h4-11,19H,12H2,1-3H3,(H,25,26). The minimum absolute atomic E-state index is 0.0762. The predicted molar refractivity (Wildman–Crippen MR) is 125 cm³/mol. The van der Waals surface area contributed by atoms with Gasteiger partial charge >= 0.3 is 5.97 Å². The van der Waals surface area contributed by atoms with Crippen molar-refractivity contribution in [3.63, 3.8) is 0 Å². The van der Waals surface area contributed by atoms with E-state index < -0.39 is 27.0 Å². The van der Waals surface area contributed by atoms with Gasteiger partial charge < -0.3 is 9.84 Å². The van der Waals surface area contributed by atoms with E-state index in [2.05, 4.69) is 4.99 Å². The Balaban J connectivity index is 2.09. The fourth-order valence-electron chi connectivity index (χ4n) is 3.36. The average molecular weight is 492 g/mol. The first-order chi connectivity index (χ1) is 15.5. The highest BCUT2D eigenvalue weighted by atomic mass is 32.2. The van der Waals surface area contributed by atoms with Gasteiger partial charge in [0.25, 0.3) is 5.69 Å². The Kier molecular flexibility index (Phi) is 7.08. The third-order valence-corrected chi connectivity index (χ3v) is 7.10. The van der Waals surface area contributed by atoms with Gasteiger partial charge in [-0.05, 0) is 30.2 Å². The zero-order valence-corrected chi connectivity index (χ0v) is 19.6. The molecule has 3 rings (SSSR count). The molecule has 2 aromatic carbocycles. The van der Waals surface area contributed by atoms with Gasteiger partial charge in [0.05, 0.1) is 29.6 Å². The molecule has 174 valence electrons. The number of benzene rings is 2. The van der Waals surface area contributed by atoms with E-state index in [4.69, 9.17) is 4.74 Å². The van der Waals surface area contributed by atoms with Crippen molar-refractivity contribution in [2.45, 2.75) is 18.7 Å². The van der Waals surface area contributed by atoms with Crippen molar-refractivity contribution in [2.75, 3.05) is 13.4 Å². The number of aliphatic carboxylic acids is 1. The number of nitro benzene ring substituents is 1. The lowest BCUT2D eigenvalue weighted by atomic mass is 9.96. The van der Waals surface area contributed by atoms with E-state index in [1.807, 2.05) is 12.1 Å². The van der Waals surface area contributed by atoms with Gasteiger partial charge in [-0.3, -0.25) is 10.1 Å². The van der Waals surface area contributed by atoms with Crippen LogP contribution in [-0.4, -0.2) is 47.3 Å². The van der Waals surface area contributed by atoms with Crippen molar-refractivity contribution < 1.29 is 28.0 Å². The smallest absolute Gasteiger partial charge is 0.335 e. The number of rotatable bonds is 7. The van der Waals surface area contributed by atoms with Gasteiger partial charge in [0.1, 0.15) is 11.8 Å². The summed E-state index contributed by atoms with van der Waals surface area (Å²) < 4.78 is 31.7. The Bertz CT molecular complexity index is 1250. The van der Waals surface area contributed by atoms with Gasteiger partial charge in [-0.1, -0.05) is 36.0 Å². The van der Waals surface area contributed by atoms with Crippen LogP contribution in [0.1, 0.15) is 24.1 Å². The van der Waals surface area contributed by atoms with Crippen molar-refractivity contribution in [2.24, 2.45) is 4.99 Å². The molecule has 10 nitrogen and oxygen atoms in total. The lowest BCUT2D eigenvalue weighted by molar-refractivity contribution is -0.384. The molecule has 0 amide bonds. The SMILES string of the molecule is COc1ccc(CSC2=NC(C)=C(C(=O)O)C(c3cccc([N+](=O)[O-])c3)N2S(C)(=O)=O)cc1. The summed E-state index contributed by atoms with van der Waals surface area (Å²) in [5.41, 5.74) is 0.600. The van der Waals surface area contributed by atoms with Crippen LogP contribution < -0.4 is 4.74 Å². The van der Waals surface area contributed by atoms with Gasteiger partial charge in [-0.2, -0.15) is 0 Å². The number of methoxy groups -OCH3 is 1. The number of hydrogen-bond acceptors (Lipinski definition) is 8. The lowest BCUT2D eigenvalue weighted by Gasteiger charge is -2.35. The number of thioether (sulfide) groups is 1. The van der Waals surface area contributed by atoms with Gasteiger partial charge in [0.2, 0.25) is 10.0 Å². The first-order valence-corrected chi connectivity index (χ1v) is 12.4. The number of ether oxygens (including phenoxy) is 1. The van der Waals surface area contributed by atoms with Crippen LogP contribution in [0, 0.1) is 10.1 Å². The second-order valence-corrected chi connectivity index (χ2v) is 9.95. The molecule has 0 spiro atoms. The van der Waals surface area contributed by atoms with E-state index in [1.165, 1.54) is 31.2 Å². The highest BCUT2D eigenvalue weighted by Crippen LogP contribution is 2.40. The van der Waals surface area contributed by atoms with Crippen LogP contribution in [0.15, 0.2) is 64.8 Å². The summed E-state index contributed by atoms with van der Waals surface area (Å²) in [6.07, 6.45) is 0.945. The van der Waals surface area contributed by atoms with E-state index in [-0.39, 0.29) is 27.7 Å². The maximum Gasteiger partial charge on any atom is 0.335 e. The summed E-state index contributed by atoms with van der Waals surface area (Å²) in [6.45, 7) is 1.47. The maximum absolute atomic E-state index is 12.8. The first kappa shape index (κ1) is 24.3. The number of carboxylic acid groups (broad SMARTS) is 1. The van der Waals surface area contributed by atoms with Crippen LogP contribution in [-0.2, 0) is 20.6 Å². The second-order valence-electron chi connectivity index (χ2n) is 7.15. The van der Waals surface area contributed by atoms with Crippen molar-refractivity contribution in [3.05, 3.63) is 81.0 Å². The van der Waals surface area contributed by atoms with Crippen molar-refractivity contribution >= 4 is 38.6 Å². The molecule has 1 N–H and O–H groups in total. The molecule has 2 aromatic rings. The van der Waals surface area contributed by atoms with Crippen LogP contribution in [0.5, 0.6) is 5.75 Å². The number of nitrogens with zero attached hydrogens (tertiary/aromatic N) is 3. The number of carboxylic acids is 1.